The molecule has 1 aliphatic rings. The van der Waals surface area contributed by atoms with E-state index in [2.05, 4.69) is 22.5 Å². The maximum Gasteiger partial charge on any atom is 0.409 e. The minimum Gasteiger partial charge on any atom is -0.489 e. The molecule has 2 rings (SSSR count). The summed E-state index contributed by atoms with van der Waals surface area (Å²) in [6.07, 6.45) is 1.50. The van der Waals surface area contributed by atoms with Gasteiger partial charge in [0.15, 0.2) is 5.96 Å². The number of nitrogens with one attached hydrogen (secondary N) is 2. The number of nitrogens with zero attached hydrogens (tertiary/aromatic N) is 2. The molecule has 29 heavy (non-hydrogen) atoms. The predicted octanol–water partition coefficient (Wildman–Crippen LogP) is 3.56. The van der Waals surface area contributed by atoms with Gasteiger partial charge in [0.05, 0.1) is 13.2 Å². The Hall–Kier alpha value is -1.71. The first-order chi connectivity index (χ1) is 13.5. The van der Waals surface area contributed by atoms with Gasteiger partial charge in [-0.2, -0.15) is 0 Å². The first-order valence-corrected chi connectivity index (χ1v) is 10.2. The highest BCUT2D eigenvalue weighted by atomic mass is 127. The Balaban J connectivity index is 0.00000420. The maximum atomic E-state index is 11.8. The Morgan fingerprint density at radius 1 is 1.24 bits per heavy atom. The highest BCUT2D eigenvalue weighted by Crippen LogP contribution is 2.14. The number of piperidine rings is 1. The summed E-state index contributed by atoms with van der Waals surface area (Å²) in [4.78, 5) is 18.2. The van der Waals surface area contributed by atoms with Gasteiger partial charge in [-0.15, -0.1) is 24.0 Å². The zero-order valence-corrected chi connectivity index (χ0v) is 20.3. The summed E-state index contributed by atoms with van der Waals surface area (Å²) in [5, 5.41) is 6.77. The number of benzene rings is 1. The number of rotatable bonds is 7. The van der Waals surface area contributed by atoms with Gasteiger partial charge in [0, 0.05) is 25.7 Å². The molecule has 1 fully saturated rings. The van der Waals surface area contributed by atoms with Crippen LogP contribution in [0.25, 0.3) is 0 Å². The van der Waals surface area contributed by atoms with E-state index in [1.54, 1.807) is 4.90 Å². The van der Waals surface area contributed by atoms with Crippen LogP contribution >= 0.6 is 24.0 Å². The van der Waals surface area contributed by atoms with E-state index in [4.69, 9.17) is 9.47 Å². The van der Waals surface area contributed by atoms with Gasteiger partial charge in [0.2, 0.25) is 0 Å². The molecule has 1 aliphatic heterocycles. The summed E-state index contributed by atoms with van der Waals surface area (Å²) in [6, 6.07) is 8.34. The fourth-order valence-electron chi connectivity index (χ4n) is 3.04. The van der Waals surface area contributed by atoms with E-state index >= 15 is 0 Å². The Morgan fingerprint density at radius 3 is 2.48 bits per heavy atom. The molecule has 0 radical (unpaired) electrons. The lowest BCUT2D eigenvalue weighted by atomic mass is 10.1. The Kier molecular flexibility index (Phi) is 11.8. The van der Waals surface area contributed by atoms with Gasteiger partial charge in [-0.05, 0) is 52.7 Å². The molecule has 1 unspecified atom stereocenters. The molecule has 1 aromatic rings. The predicted molar refractivity (Wildman–Crippen MR) is 127 cm³/mol. The van der Waals surface area contributed by atoms with Crippen molar-refractivity contribution in [1.82, 2.24) is 15.5 Å². The van der Waals surface area contributed by atoms with Crippen LogP contribution < -0.4 is 15.4 Å². The van der Waals surface area contributed by atoms with Crippen molar-refractivity contribution < 1.29 is 14.3 Å². The van der Waals surface area contributed by atoms with Crippen molar-refractivity contribution in [3.05, 3.63) is 29.8 Å². The number of aryl methyl sites for hydroxylation is 1. The number of aliphatic imine (C=N–C) groups is 1. The number of carbonyl (C=O) groups is 1. The second-order valence-corrected chi connectivity index (χ2v) is 7.07. The maximum absolute atomic E-state index is 11.8. The van der Waals surface area contributed by atoms with E-state index < -0.39 is 0 Å². The topological polar surface area (TPSA) is 75.2 Å². The molecule has 0 aliphatic carbocycles. The van der Waals surface area contributed by atoms with Crippen LogP contribution in [-0.2, 0) is 4.74 Å². The molecular formula is C21H35IN4O3. The van der Waals surface area contributed by atoms with Crippen molar-refractivity contribution >= 4 is 36.0 Å². The molecule has 1 heterocycles. The molecule has 1 aromatic carbocycles. The number of guanidine groups is 1. The van der Waals surface area contributed by atoms with Crippen LogP contribution in [0, 0.1) is 6.92 Å². The molecule has 164 valence electrons. The number of likely N-dealkylation sites (tertiary alicyclic amines) is 1. The SMILES string of the molecule is CCNC(=NCC(C)Oc1ccc(C)cc1)NC1CCN(C(=O)OCC)CC1.I. The lowest BCUT2D eigenvalue weighted by Crippen LogP contribution is -2.50. The number of ether oxygens (including phenoxy) is 2. The molecular weight excluding hydrogens is 483 g/mol. The fourth-order valence-corrected chi connectivity index (χ4v) is 3.04. The van der Waals surface area contributed by atoms with Gasteiger partial charge < -0.3 is 25.0 Å². The quantitative estimate of drug-likeness (QED) is 0.328. The molecule has 0 saturated carbocycles. The first kappa shape index (κ1) is 25.3. The number of hydrogen-bond donors (Lipinski definition) is 2. The van der Waals surface area contributed by atoms with Crippen LogP contribution in [0.4, 0.5) is 4.79 Å². The van der Waals surface area contributed by atoms with Crippen LogP contribution in [0.3, 0.4) is 0 Å². The second-order valence-electron chi connectivity index (χ2n) is 7.07. The third-order valence-corrected chi connectivity index (χ3v) is 4.57. The zero-order chi connectivity index (χ0) is 20.4. The lowest BCUT2D eigenvalue weighted by molar-refractivity contribution is 0.0963. The van der Waals surface area contributed by atoms with Gasteiger partial charge in [-0.1, -0.05) is 17.7 Å². The Bertz CT molecular complexity index is 631. The van der Waals surface area contributed by atoms with Gasteiger partial charge in [-0.25, -0.2) is 9.79 Å². The third kappa shape index (κ3) is 9.10. The number of hydrogen-bond acceptors (Lipinski definition) is 4. The number of amides is 1. The largest absolute Gasteiger partial charge is 0.489 e. The van der Waals surface area contributed by atoms with Crippen LogP contribution in [0.15, 0.2) is 29.3 Å². The van der Waals surface area contributed by atoms with E-state index in [-0.39, 0.29) is 42.2 Å². The summed E-state index contributed by atoms with van der Waals surface area (Å²) < 4.78 is 11.0. The van der Waals surface area contributed by atoms with Gasteiger partial charge in [0.25, 0.3) is 0 Å². The zero-order valence-electron chi connectivity index (χ0n) is 17.9. The molecule has 1 saturated heterocycles. The van der Waals surface area contributed by atoms with Crippen molar-refractivity contribution in [2.75, 3.05) is 32.8 Å². The molecule has 7 nitrogen and oxygen atoms in total. The average Bonchev–Trinajstić information content (AvgIpc) is 2.69. The van der Waals surface area contributed by atoms with Crippen molar-refractivity contribution in [2.45, 2.75) is 52.7 Å². The highest BCUT2D eigenvalue weighted by Gasteiger charge is 2.24. The summed E-state index contributed by atoms with van der Waals surface area (Å²) >= 11 is 0. The summed E-state index contributed by atoms with van der Waals surface area (Å²) in [5.41, 5.74) is 1.21. The summed E-state index contributed by atoms with van der Waals surface area (Å²) in [5.74, 6) is 1.65. The molecule has 0 spiro atoms. The monoisotopic (exact) mass is 518 g/mol. The van der Waals surface area contributed by atoms with Crippen molar-refractivity contribution in [1.29, 1.82) is 0 Å². The van der Waals surface area contributed by atoms with Crippen LogP contribution in [0.5, 0.6) is 5.75 Å². The van der Waals surface area contributed by atoms with Gasteiger partial charge in [0.1, 0.15) is 11.9 Å². The van der Waals surface area contributed by atoms with Crippen LogP contribution in [0.1, 0.15) is 39.2 Å². The normalized spacial score (nSPS) is 15.9. The summed E-state index contributed by atoms with van der Waals surface area (Å²) in [6.45, 7) is 11.1. The lowest BCUT2D eigenvalue weighted by Gasteiger charge is -2.32. The molecule has 2 N–H and O–H groups in total. The minimum absolute atomic E-state index is 0. The fraction of sp³-hybridized carbons (Fsp3) is 0.619. The van der Waals surface area contributed by atoms with Crippen molar-refractivity contribution in [2.24, 2.45) is 4.99 Å². The summed E-state index contributed by atoms with van der Waals surface area (Å²) in [7, 11) is 0. The first-order valence-electron chi connectivity index (χ1n) is 10.2. The van der Waals surface area contributed by atoms with Crippen molar-refractivity contribution in [3.8, 4) is 5.75 Å². The smallest absolute Gasteiger partial charge is 0.409 e. The van der Waals surface area contributed by atoms with Gasteiger partial charge in [-0.3, -0.25) is 0 Å². The third-order valence-electron chi connectivity index (χ3n) is 4.57. The average molecular weight is 518 g/mol. The molecule has 1 amide bonds. The Morgan fingerprint density at radius 2 is 1.90 bits per heavy atom. The number of halogens is 1. The minimum atomic E-state index is -0.219. The van der Waals surface area contributed by atoms with E-state index in [0.29, 0.717) is 26.2 Å². The molecule has 1 atom stereocenters. The van der Waals surface area contributed by atoms with E-state index in [1.165, 1.54) is 5.56 Å². The van der Waals surface area contributed by atoms with E-state index in [0.717, 1.165) is 31.1 Å². The standard InChI is InChI=1S/C21H34N4O3.HI/c1-5-22-20(23-15-17(4)28-19-9-7-16(3)8-10-19)24-18-11-13-25(14-12-18)21(26)27-6-2;/h7-10,17-18H,5-6,11-15H2,1-4H3,(H2,22,23,24);1H. The Labute approximate surface area is 191 Å². The second kappa shape index (κ2) is 13.5. The van der Waals surface area contributed by atoms with Crippen LogP contribution in [-0.4, -0.2) is 61.9 Å². The van der Waals surface area contributed by atoms with Crippen molar-refractivity contribution in [3.63, 3.8) is 0 Å². The number of carbonyl (C=O) groups excluding carboxylic acids is 1. The van der Waals surface area contributed by atoms with Crippen LogP contribution in [0.2, 0.25) is 0 Å². The van der Waals surface area contributed by atoms with E-state index in [9.17, 15) is 4.79 Å². The van der Waals surface area contributed by atoms with E-state index in [1.807, 2.05) is 45.0 Å². The van der Waals surface area contributed by atoms with Gasteiger partial charge >= 0.3 is 6.09 Å². The molecule has 8 heteroatoms. The molecule has 0 aromatic heterocycles. The molecule has 0 bridgehead atoms. The highest BCUT2D eigenvalue weighted by molar-refractivity contribution is 14.0.